The first-order valence-corrected chi connectivity index (χ1v) is 12.6. The average Bonchev–Trinajstić information content (AvgIpc) is 2.91. The Morgan fingerprint density at radius 1 is 0.558 bits per heavy atom. The van der Waals surface area contributed by atoms with E-state index in [0.29, 0.717) is 36.4 Å². The van der Waals surface area contributed by atoms with E-state index in [-0.39, 0.29) is 11.1 Å². The molecule has 224 valence electrons. The van der Waals surface area contributed by atoms with Crippen LogP contribution in [0.5, 0.6) is 11.5 Å². The minimum atomic E-state index is -6.03. The highest BCUT2D eigenvalue weighted by molar-refractivity contribution is 6.05. The number of aryl methyl sites for hydroxylation is 2. The van der Waals surface area contributed by atoms with Crippen LogP contribution in [-0.2, 0) is 5.41 Å². The average molecular weight is 603 g/mol. The first-order chi connectivity index (χ1) is 20.0. The molecule has 0 saturated heterocycles. The Bertz CT molecular complexity index is 1540. The summed E-state index contributed by atoms with van der Waals surface area (Å²) in [4.78, 5) is 25.4. The predicted molar refractivity (Wildman–Crippen MR) is 147 cm³/mol. The van der Waals surface area contributed by atoms with Crippen molar-refractivity contribution in [2.75, 3.05) is 10.6 Å². The van der Waals surface area contributed by atoms with Crippen molar-refractivity contribution in [3.05, 3.63) is 118 Å². The van der Waals surface area contributed by atoms with Crippen molar-refractivity contribution >= 4 is 23.2 Å². The monoisotopic (exact) mass is 602 g/mol. The van der Waals surface area contributed by atoms with Gasteiger partial charge in [0.15, 0.2) is 0 Å². The molecule has 0 radical (unpaired) electrons. The Labute approximate surface area is 241 Å². The molecule has 0 unspecified atom stereocenters. The fourth-order valence-corrected chi connectivity index (χ4v) is 4.52. The molecule has 6 nitrogen and oxygen atoms in total. The van der Waals surface area contributed by atoms with Gasteiger partial charge in [0.25, 0.3) is 11.8 Å². The fraction of sp³-hybridized carbons (Fsp3) is 0.161. The smallest absolute Gasteiger partial charge is 0.411 e. The van der Waals surface area contributed by atoms with Gasteiger partial charge in [0.1, 0.15) is 11.5 Å². The topological polar surface area (TPSA) is 98.7 Å². The summed E-state index contributed by atoms with van der Waals surface area (Å²) in [5, 5.41) is 24.8. The molecule has 0 atom stereocenters. The zero-order chi connectivity index (χ0) is 31.7. The van der Waals surface area contributed by atoms with Gasteiger partial charge in [-0.2, -0.15) is 26.3 Å². The van der Waals surface area contributed by atoms with E-state index in [9.17, 15) is 46.1 Å². The molecule has 4 aromatic rings. The molecular weight excluding hydrogens is 578 g/mol. The van der Waals surface area contributed by atoms with Gasteiger partial charge in [-0.3, -0.25) is 9.59 Å². The lowest BCUT2D eigenvalue weighted by atomic mass is 9.72. The minimum absolute atomic E-state index is 0.0424. The molecule has 0 spiro atoms. The Balaban J connectivity index is 1.85. The number of hydrogen-bond donors (Lipinski definition) is 4. The molecule has 0 saturated carbocycles. The highest BCUT2D eigenvalue weighted by Crippen LogP contribution is 2.57. The summed E-state index contributed by atoms with van der Waals surface area (Å²) in [7, 11) is 0. The summed E-state index contributed by atoms with van der Waals surface area (Å²) < 4.78 is 88.9. The van der Waals surface area contributed by atoms with Gasteiger partial charge < -0.3 is 20.8 Å². The van der Waals surface area contributed by atoms with Crippen molar-refractivity contribution in [1.82, 2.24) is 0 Å². The Hall–Kier alpha value is -5.00. The van der Waals surface area contributed by atoms with Gasteiger partial charge in [-0.05, 0) is 73.5 Å². The highest BCUT2D eigenvalue weighted by atomic mass is 19.4. The zero-order valence-electron chi connectivity index (χ0n) is 22.6. The molecule has 4 aromatic carbocycles. The minimum Gasteiger partial charge on any atom is -0.506 e. The molecule has 0 fully saturated rings. The summed E-state index contributed by atoms with van der Waals surface area (Å²) in [6, 6.07) is 14.7. The fourth-order valence-electron chi connectivity index (χ4n) is 4.52. The van der Waals surface area contributed by atoms with Crippen LogP contribution in [0.2, 0.25) is 0 Å². The summed E-state index contributed by atoms with van der Waals surface area (Å²) in [5.41, 5.74) is -7.21. The van der Waals surface area contributed by atoms with Crippen molar-refractivity contribution in [2.45, 2.75) is 31.6 Å². The molecular formula is C31H24F6N2O4. The normalized spacial score (nSPS) is 12.1. The van der Waals surface area contributed by atoms with E-state index < -0.39 is 63.6 Å². The van der Waals surface area contributed by atoms with Gasteiger partial charge >= 0.3 is 12.4 Å². The van der Waals surface area contributed by atoms with Gasteiger partial charge in [0.05, 0.1) is 11.4 Å². The van der Waals surface area contributed by atoms with Crippen molar-refractivity contribution in [2.24, 2.45) is 0 Å². The Kier molecular flexibility index (Phi) is 8.17. The Morgan fingerprint density at radius 2 is 0.884 bits per heavy atom. The number of rotatable bonds is 6. The number of phenolic OH excluding ortho intramolecular Hbond substituents is 2. The summed E-state index contributed by atoms with van der Waals surface area (Å²) in [6.45, 7) is 3.49. The molecule has 43 heavy (non-hydrogen) atoms. The van der Waals surface area contributed by atoms with Crippen LogP contribution in [0.1, 0.15) is 43.0 Å². The van der Waals surface area contributed by atoms with Gasteiger partial charge in [0.2, 0.25) is 5.41 Å². The van der Waals surface area contributed by atoms with E-state index in [1.54, 1.807) is 38.1 Å². The predicted octanol–water partition coefficient (Wildman–Crippen LogP) is 7.63. The molecule has 4 N–H and O–H groups in total. The third-order valence-electron chi connectivity index (χ3n) is 6.83. The number of hydrogen-bond acceptors (Lipinski definition) is 4. The summed E-state index contributed by atoms with van der Waals surface area (Å²) in [6.07, 6.45) is -12.1. The lowest BCUT2D eigenvalue weighted by Crippen LogP contribution is -2.54. The van der Waals surface area contributed by atoms with E-state index in [1.165, 1.54) is 24.3 Å². The molecule has 0 aromatic heterocycles. The molecule has 0 aliphatic rings. The van der Waals surface area contributed by atoms with E-state index >= 15 is 0 Å². The molecule has 0 aliphatic heterocycles. The van der Waals surface area contributed by atoms with Crippen LogP contribution in [-0.4, -0.2) is 34.4 Å². The summed E-state index contributed by atoms with van der Waals surface area (Å²) in [5.74, 6) is -3.33. The maximum atomic E-state index is 14.8. The zero-order valence-corrected chi connectivity index (χ0v) is 22.6. The second kappa shape index (κ2) is 11.3. The Morgan fingerprint density at radius 3 is 1.19 bits per heavy atom. The van der Waals surface area contributed by atoms with Gasteiger partial charge in [-0.1, -0.05) is 47.5 Å². The third kappa shape index (κ3) is 5.99. The van der Waals surface area contributed by atoms with Crippen LogP contribution in [0.15, 0.2) is 84.9 Å². The van der Waals surface area contributed by atoms with Crippen molar-refractivity contribution in [3.63, 3.8) is 0 Å². The number of carbonyl (C=O) groups excluding carboxylic acids is 2. The van der Waals surface area contributed by atoms with Crippen molar-refractivity contribution in [1.29, 1.82) is 0 Å². The van der Waals surface area contributed by atoms with E-state index in [4.69, 9.17) is 0 Å². The molecule has 12 heteroatoms. The number of anilines is 2. The number of alkyl halides is 6. The van der Waals surface area contributed by atoms with Crippen LogP contribution in [0.4, 0.5) is 37.7 Å². The molecule has 4 rings (SSSR count). The number of benzene rings is 4. The largest absolute Gasteiger partial charge is 0.506 e. The highest BCUT2D eigenvalue weighted by Gasteiger charge is 2.72. The number of aromatic hydroxyl groups is 2. The maximum Gasteiger partial charge on any atom is 0.411 e. The van der Waals surface area contributed by atoms with Crippen LogP contribution in [0, 0.1) is 13.8 Å². The summed E-state index contributed by atoms with van der Waals surface area (Å²) >= 11 is 0. The number of amides is 2. The SMILES string of the molecule is Cc1ccc(C(=O)Nc2cc(C(c3ccc(O)c(NC(=O)c4ccc(C)cc4)c3)(C(F)(F)F)C(F)(F)F)ccc2O)cc1. The molecule has 0 heterocycles. The standard InChI is InChI=1S/C31H24F6N2O4/c1-17-3-7-19(8-4-17)27(42)38-23-15-21(11-13-25(23)40)29(30(32,33)34,31(35,36)37)22-12-14-26(41)24(16-22)39-28(43)20-9-5-18(2)6-10-20/h3-16,40-41H,1-2H3,(H,38,42)(H,39,43). The lowest BCUT2D eigenvalue weighted by molar-refractivity contribution is -0.288. The van der Waals surface area contributed by atoms with E-state index in [2.05, 4.69) is 10.6 Å². The number of nitrogens with one attached hydrogen (secondary N) is 2. The molecule has 0 bridgehead atoms. The van der Waals surface area contributed by atoms with Gasteiger partial charge in [-0.15, -0.1) is 0 Å². The number of halogens is 6. The van der Waals surface area contributed by atoms with Crippen molar-refractivity contribution < 1.29 is 46.1 Å². The molecule has 2 amide bonds. The van der Waals surface area contributed by atoms with Crippen LogP contribution in [0.3, 0.4) is 0 Å². The second-order valence-electron chi connectivity index (χ2n) is 9.85. The van der Waals surface area contributed by atoms with Gasteiger partial charge in [-0.25, -0.2) is 0 Å². The van der Waals surface area contributed by atoms with Crippen LogP contribution >= 0.6 is 0 Å². The lowest BCUT2D eigenvalue weighted by Gasteiger charge is -2.38. The maximum absolute atomic E-state index is 14.8. The second-order valence-corrected chi connectivity index (χ2v) is 9.85. The van der Waals surface area contributed by atoms with Gasteiger partial charge in [0, 0.05) is 11.1 Å². The first kappa shape index (κ1) is 30.9. The van der Waals surface area contributed by atoms with Crippen LogP contribution < -0.4 is 10.6 Å². The van der Waals surface area contributed by atoms with Crippen molar-refractivity contribution in [3.8, 4) is 11.5 Å². The number of carbonyl (C=O) groups is 2. The molecule has 0 aliphatic carbocycles. The first-order valence-electron chi connectivity index (χ1n) is 12.6. The number of phenols is 2. The quantitative estimate of drug-likeness (QED) is 0.135. The van der Waals surface area contributed by atoms with E-state index in [0.717, 1.165) is 11.1 Å². The third-order valence-corrected chi connectivity index (χ3v) is 6.83. The van der Waals surface area contributed by atoms with Crippen LogP contribution in [0.25, 0.3) is 0 Å². The van der Waals surface area contributed by atoms with E-state index in [1.807, 2.05) is 0 Å².